The van der Waals surface area contributed by atoms with Crippen molar-refractivity contribution in [3.8, 4) is 12.3 Å². The average Bonchev–Trinajstić information content (AvgIpc) is 2.38. The quantitative estimate of drug-likeness (QED) is 0.813. The summed E-state index contributed by atoms with van der Waals surface area (Å²) in [5.41, 5.74) is 1.77. The molecule has 0 aliphatic carbocycles. The molecule has 0 spiro atoms. The third-order valence-corrected chi connectivity index (χ3v) is 2.55. The number of rotatable bonds is 4. The number of nitrogens with zero attached hydrogens (tertiary/aromatic N) is 2. The van der Waals surface area contributed by atoms with E-state index in [1.165, 1.54) is 0 Å². The lowest BCUT2D eigenvalue weighted by Gasteiger charge is -2.12. The molecule has 1 aromatic carbocycles. The Bertz CT molecular complexity index is 542. The Morgan fingerprint density at radius 1 is 1.35 bits per heavy atom. The summed E-state index contributed by atoms with van der Waals surface area (Å²) in [4.78, 5) is 8.81. The minimum atomic E-state index is 0.0236. The van der Waals surface area contributed by atoms with E-state index in [0.29, 0.717) is 0 Å². The fourth-order valence-corrected chi connectivity index (χ4v) is 1.69. The highest BCUT2D eigenvalue weighted by Gasteiger charge is 2.05. The maximum Gasteiger partial charge on any atom is 0.146 e. The monoisotopic (exact) mass is 225 g/mol. The molecule has 0 aliphatic rings. The molecule has 0 fully saturated rings. The Balaban J connectivity index is 2.22. The van der Waals surface area contributed by atoms with Gasteiger partial charge >= 0.3 is 0 Å². The molecule has 0 amide bonds. The predicted octanol–water partition coefficient (Wildman–Crippen LogP) is 2.84. The molecule has 1 atom stereocenters. The Labute approximate surface area is 101 Å². The van der Waals surface area contributed by atoms with Gasteiger partial charge in [0.2, 0.25) is 0 Å². The van der Waals surface area contributed by atoms with Gasteiger partial charge in [-0.1, -0.05) is 31.4 Å². The van der Waals surface area contributed by atoms with Crippen LogP contribution >= 0.6 is 0 Å². The van der Waals surface area contributed by atoms with Crippen LogP contribution in [0.1, 0.15) is 19.8 Å². The van der Waals surface area contributed by atoms with Gasteiger partial charge in [-0.2, -0.15) is 0 Å². The smallest absolute Gasteiger partial charge is 0.146 e. The zero-order valence-corrected chi connectivity index (χ0v) is 9.85. The van der Waals surface area contributed by atoms with Crippen molar-refractivity contribution < 1.29 is 0 Å². The molecular formula is C14H15N3. The predicted molar refractivity (Wildman–Crippen MR) is 70.7 cm³/mol. The number of hydrogen-bond acceptors (Lipinski definition) is 3. The van der Waals surface area contributed by atoms with Crippen molar-refractivity contribution in [3.63, 3.8) is 0 Å². The standard InChI is InChI=1S/C14H15N3/c1-3-7-11(4-2)16-14-10-15-12-8-5-6-9-13(12)17-14/h2,5-6,8-11H,3,7H2,1H3,(H,16,17). The van der Waals surface area contributed by atoms with Gasteiger partial charge in [-0.3, -0.25) is 4.98 Å². The minimum absolute atomic E-state index is 0.0236. The Kier molecular flexibility index (Phi) is 3.56. The summed E-state index contributed by atoms with van der Waals surface area (Å²) in [5.74, 6) is 3.46. The first-order valence-electron chi connectivity index (χ1n) is 5.78. The summed E-state index contributed by atoms with van der Waals surface area (Å²) in [7, 11) is 0. The van der Waals surface area contributed by atoms with Crippen molar-refractivity contribution in [3.05, 3.63) is 30.5 Å². The van der Waals surface area contributed by atoms with Crippen molar-refractivity contribution >= 4 is 16.9 Å². The van der Waals surface area contributed by atoms with Gasteiger partial charge in [0.1, 0.15) is 5.82 Å². The first-order chi connectivity index (χ1) is 8.33. The van der Waals surface area contributed by atoms with Gasteiger partial charge in [-0.15, -0.1) is 6.42 Å². The topological polar surface area (TPSA) is 37.8 Å². The van der Waals surface area contributed by atoms with E-state index < -0.39 is 0 Å². The lowest BCUT2D eigenvalue weighted by molar-refractivity contribution is 0.752. The normalized spacial score (nSPS) is 12.0. The van der Waals surface area contributed by atoms with Crippen LogP contribution < -0.4 is 5.32 Å². The van der Waals surface area contributed by atoms with E-state index >= 15 is 0 Å². The first kappa shape index (κ1) is 11.4. The summed E-state index contributed by atoms with van der Waals surface area (Å²) in [6.07, 6.45) is 9.16. The van der Waals surface area contributed by atoms with Crippen LogP contribution in [-0.4, -0.2) is 16.0 Å². The first-order valence-corrected chi connectivity index (χ1v) is 5.78. The lowest BCUT2D eigenvalue weighted by atomic mass is 10.2. The molecule has 0 aliphatic heterocycles. The van der Waals surface area contributed by atoms with Crippen molar-refractivity contribution in [2.24, 2.45) is 0 Å². The number of fused-ring (bicyclic) bond motifs is 1. The Hall–Kier alpha value is -2.08. The molecule has 3 nitrogen and oxygen atoms in total. The van der Waals surface area contributed by atoms with E-state index in [4.69, 9.17) is 6.42 Å². The Morgan fingerprint density at radius 2 is 2.12 bits per heavy atom. The molecule has 1 heterocycles. The van der Waals surface area contributed by atoms with E-state index in [1.807, 2.05) is 24.3 Å². The van der Waals surface area contributed by atoms with Crippen LogP contribution in [-0.2, 0) is 0 Å². The molecule has 0 radical (unpaired) electrons. The molecule has 3 heteroatoms. The molecule has 1 aromatic heterocycles. The fourth-order valence-electron chi connectivity index (χ4n) is 1.69. The largest absolute Gasteiger partial charge is 0.355 e. The Morgan fingerprint density at radius 3 is 2.82 bits per heavy atom. The molecule has 0 saturated heterocycles. The fraction of sp³-hybridized carbons (Fsp3) is 0.286. The number of hydrogen-bond donors (Lipinski definition) is 1. The van der Waals surface area contributed by atoms with Gasteiger partial charge in [0.15, 0.2) is 0 Å². The second kappa shape index (κ2) is 5.31. The summed E-state index contributed by atoms with van der Waals surface area (Å²) in [6.45, 7) is 2.11. The molecule has 0 saturated carbocycles. The molecule has 0 bridgehead atoms. The van der Waals surface area contributed by atoms with Crippen LogP contribution in [0.25, 0.3) is 11.0 Å². The van der Waals surface area contributed by atoms with Gasteiger partial charge in [0, 0.05) is 0 Å². The minimum Gasteiger partial charge on any atom is -0.355 e. The van der Waals surface area contributed by atoms with E-state index in [-0.39, 0.29) is 6.04 Å². The third-order valence-electron chi connectivity index (χ3n) is 2.55. The van der Waals surface area contributed by atoms with Gasteiger partial charge < -0.3 is 5.32 Å². The molecule has 17 heavy (non-hydrogen) atoms. The number of aromatic nitrogens is 2. The number of nitrogens with one attached hydrogen (secondary N) is 1. The van der Waals surface area contributed by atoms with E-state index in [9.17, 15) is 0 Å². The van der Waals surface area contributed by atoms with Gasteiger partial charge in [0.25, 0.3) is 0 Å². The van der Waals surface area contributed by atoms with Crippen LogP contribution in [0.4, 0.5) is 5.82 Å². The molecule has 86 valence electrons. The zero-order valence-electron chi connectivity index (χ0n) is 9.85. The number of terminal acetylenes is 1. The second-order valence-electron chi connectivity index (χ2n) is 3.90. The number of anilines is 1. The molecule has 2 rings (SSSR count). The highest BCUT2D eigenvalue weighted by molar-refractivity contribution is 5.75. The molecular weight excluding hydrogens is 210 g/mol. The van der Waals surface area contributed by atoms with E-state index in [2.05, 4.69) is 28.1 Å². The van der Waals surface area contributed by atoms with E-state index in [1.54, 1.807) is 6.20 Å². The zero-order chi connectivity index (χ0) is 12.1. The van der Waals surface area contributed by atoms with Crippen LogP contribution in [0.15, 0.2) is 30.5 Å². The van der Waals surface area contributed by atoms with Crippen molar-refractivity contribution in [1.82, 2.24) is 9.97 Å². The summed E-state index contributed by atoms with van der Waals surface area (Å²) in [6, 6.07) is 7.81. The highest BCUT2D eigenvalue weighted by atomic mass is 15.0. The van der Waals surface area contributed by atoms with Gasteiger partial charge in [-0.05, 0) is 18.6 Å². The van der Waals surface area contributed by atoms with Crippen LogP contribution in [0.5, 0.6) is 0 Å². The van der Waals surface area contributed by atoms with Gasteiger partial charge in [-0.25, -0.2) is 4.98 Å². The van der Waals surface area contributed by atoms with Crippen molar-refractivity contribution in [2.45, 2.75) is 25.8 Å². The molecule has 1 unspecified atom stereocenters. The number of para-hydroxylation sites is 2. The molecule has 1 N–H and O–H groups in total. The van der Waals surface area contributed by atoms with Crippen LogP contribution in [0, 0.1) is 12.3 Å². The summed E-state index contributed by atoms with van der Waals surface area (Å²) < 4.78 is 0. The third kappa shape index (κ3) is 2.73. The second-order valence-corrected chi connectivity index (χ2v) is 3.90. The van der Waals surface area contributed by atoms with Gasteiger partial charge in [0.05, 0.1) is 23.3 Å². The van der Waals surface area contributed by atoms with Crippen LogP contribution in [0.2, 0.25) is 0 Å². The SMILES string of the molecule is C#CC(CCC)Nc1cnc2ccccc2n1. The number of benzene rings is 1. The highest BCUT2D eigenvalue weighted by Crippen LogP contribution is 2.12. The van der Waals surface area contributed by atoms with Crippen LogP contribution in [0.3, 0.4) is 0 Å². The lowest BCUT2D eigenvalue weighted by Crippen LogP contribution is -2.17. The summed E-state index contributed by atoms with van der Waals surface area (Å²) in [5, 5.41) is 3.21. The molecule has 2 aromatic rings. The maximum absolute atomic E-state index is 5.46. The maximum atomic E-state index is 5.46. The summed E-state index contributed by atoms with van der Waals surface area (Å²) >= 11 is 0. The van der Waals surface area contributed by atoms with Crippen molar-refractivity contribution in [1.29, 1.82) is 0 Å². The van der Waals surface area contributed by atoms with Crippen molar-refractivity contribution in [2.75, 3.05) is 5.32 Å². The average molecular weight is 225 g/mol. The van der Waals surface area contributed by atoms with E-state index in [0.717, 1.165) is 29.7 Å².